The summed E-state index contributed by atoms with van der Waals surface area (Å²) in [5, 5.41) is 9.27. The number of nitrogens with zero attached hydrogens (tertiary/aromatic N) is 6. The summed E-state index contributed by atoms with van der Waals surface area (Å²) in [6.07, 6.45) is 2.78. The third-order valence-electron chi connectivity index (χ3n) is 2.00. The minimum atomic E-state index is -0.165. The average Bonchev–Trinajstić information content (AvgIpc) is 2.90. The second-order valence-corrected chi connectivity index (χ2v) is 3.71. The molecule has 0 bridgehead atoms. The first-order chi connectivity index (χ1) is 9.19. The third-order valence-corrected chi connectivity index (χ3v) is 2.17. The van der Waals surface area contributed by atoms with Crippen molar-refractivity contribution in [3.8, 4) is 5.95 Å². The largest absolute Gasteiger partial charge is 0.355 e. The molecule has 2 aromatic heterocycles. The first-order valence-corrected chi connectivity index (χ1v) is 5.84. The Balaban J connectivity index is 2.11. The van der Waals surface area contributed by atoms with Crippen LogP contribution in [0.2, 0.25) is 5.28 Å². The molecule has 0 unspecified atom stereocenters. The predicted octanol–water partition coefficient (Wildman–Crippen LogP) is -0.346. The van der Waals surface area contributed by atoms with Crippen LogP contribution in [0.15, 0.2) is 12.7 Å². The molecule has 100 valence electrons. The molecule has 0 spiro atoms. The quantitative estimate of drug-likeness (QED) is 0.771. The van der Waals surface area contributed by atoms with Crippen LogP contribution >= 0.6 is 11.6 Å². The summed E-state index contributed by atoms with van der Waals surface area (Å²) in [5.74, 6) is 0.244. The van der Waals surface area contributed by atoms with Crippen LogP contribution in [0.4, 0.5) is 5.95 Å². The van der Waals surface area contributed by atoms with E-state index in [1.165, 1.54) is 17.3 Å². The summed E-state index contributed by atoms with van der Waals surface area (Å²) in [7, 11) is 0. The van der Waals surface area contributed by atoms with Gasteiger partial charge in [-0.25, -0.2) is 4.98 Å². The molecule has 0 saturated heterocycles. The molecule has 19 heavy (non-hydrogen) atoms. The van der Waals surface area contributed by atoms with E-state index in [1.807, 2.05) is 6.92 Å². The molecule has 1 amide bonds. The summed E-state index contributed by atoms with van der Waals surface area (Å²) in [6.45, 7) is 2.44. The van der Waals surface area contributed by atoms with Crippen LogP contribution in [0.25, 0.3) is 5.95 Å². The molecule has 0 aliphatic carbocycles. The van der Waals surface area contributed by atoms with Gasteiger partial charge in [-0.3, -0.25) is 4.79 Å². The Morgan fingerprint density at radius 1 is 1.42 bits per heavy atom. The van der Waals surface area contributed by atoms with Crippen molar-refractivity contribution in [3.63, 3.8) is 0 Å². The second-order valence-electron chi connectivity index (χ2n) is 3.38. The number of likely N-dealkylation sites (N-methyl/N-ethyl adjacent to an activating group) is 1. The van der Waals surface area contributed by atoms with Gasteiger partial charge in [-0.1, -0.05) is 0 Å². The first kappa shape index (κ1) is 13.1. The van der Waals surface area contributed by atoms with E-state index in [1.54, 1.807) is 0 Å². The SMILES string of the molecule is CCNC(=O)CNc1nc(Cl)nc(-n2cncn2)n1. The molecule has 0 saturated carbocycles. The third kappa shape index (κ3) is 3.58. The van der Waals surface area contributed by atoms with Gasteiger partial charge in [-0.2, -0.15) is 24.7 Å². The van der Waals surface area contributed by atoms with E-state index in [-0.39, 0.29) is 29.6 Å². The number of carbonyl (C=O) groups excluding carboxylic acids is 1. The summed E-state index contributed by atoms with van der Waals surface area (Å²) >= 11 is 5.78. The summed E-state index contributed by atoms with van der Waals surface area (Å²) in [4.78, 5) is 26.9. The molecule has 2 heterocycles. The van der Waals surface area contributed by atoms with Crippen molar-refractivity contribution in [2.45, 2.75) is 6.92 Å². The minimum Gasteiger partial charge on any atom is -0.355 e. The van der Waals surface area contributed by atoms with Gasteiger partial charge < -0.3 is 10.6 Å². The lowest BCUT2D eigenvalue weighted by atomic mass is 10.5. The highest BCUT2D eigenvalue weighted by molar-refractivity contribution is 6.28. The minimum absolute atomic E-state index is 0.00102. The van der Waals surface area contributed by atoms with E-state index in [0.29, 0.717) is 6.54 Å². The fraction of sp³-hybridized carbons (Fsp3) is 0.333. The lowest BCUT2D eigenvalue weighted by Gasteiger charge is -2.06. The van der Waals surface area contributed by atoms with E-state index >= 15 is 0 Å². The number of carbonyl (C=O) groups is 1. The highest BCUT2D eigenvalue weighted by Gasteiger charge is 2.08. The normalized spacial score (nSPS) is 10.2. The molecule has 0 atom stereocenters. The predicted molar refractivity (Wildman–Crippen MR) is 66.9 cm³/mol. The number of halogens is 1. The maximum atomic E-state index is 11.3. The van der Waals surface area contributed by atoms with Crippen LogP contribution in [0.3, 0.4) is 0 Å². The smallest absolute Gasteiger partial charge is 0.258 e. The lowest BCUT2D eigenvalue weighted by Crippen LogP contribution is -2.30. The zero-order valence-electron chi connectivity index (χ0n) is 10.0. The maximum Gasteiger partial charge on any atom is 0.258 e. The van der Waals surface area contributed by atoms with Crippen LogP contribution < -0.4 is 10.6 Å². The molecule has 0 fully saturated rings. The molecule has 0 aliphatic rings. The Morgan fingerprint density at radius 3 is 2.95 bits per heavy atom. The maximum absolute atomic E-state index is 11.3. The number of amides is 1. The molecule has 0 aromatic carbocycles. The number of aromatic nitrogens is 6. The van der Waals surface area contributed by atoms with Crippen molar-refractivity contribution in [1.82, 2.24) is 35.0 Å². The van der Waals surface area contributed by atoms with E-state index in [2.05, 4.69) is 35.7 Å². The number of hydrogen-bond donors (Lipinski definition) is 2. The number of hydrogen-bond acceptors (Lipinski definition) is 7. The van der Waals surface area contributed by atoms with Crippen molar-refractivity contribution < 1.29 is 4.79 Å². The highest BCUT2D eigenvalue weighted by atomic mass is 35.5. The van der Waals surface area contributed by atoms with Crippen LogP contribution in [0.1, 0.15) is 6.92 Å². The highest BCUT2D eigenvalue weighted by Crippen LogP contribution is 2.08. The molecule has 9 nitrogen and oxygen atoms in total. The zero-order chi connectivity index (χ0) is 13.7. The van der Waals surface area contributed by atoms with Crippen molar-refractivity contribution in [2.24, 2.45) is 0 Å². The lowest BCUT2D eigenvalue weighted by molar-refractivity contribution is -0.119. The molecule has 10 heteroatoms. The number of anilines is 1. The van der Waals surface area contributed by atoms with E-state index in [4.69, 9.17) is 11.6 Å². The second kappa shape index (κ2) is 6.05. The van der Waals surface area contributed by atoms with Crippen molar-refractivity contribution in [2.75, 3.05) is 18.4 Å². The van der Waals surface area contributed by atoms with E-state index in [9.17, 15) is 4.79 Å². The average molecular weight is 283 g/mol. The Bertz CT molecular complexity index is 557. The molecular weight excluding hydrogens is 272 g/mol. The van der Waals surface area contributed by atoms with Gasteiger partial charge in [0.2, 0.25) is 17.1 Å². The summed E-state index contributed by atoms with van der Waals surface area (Å²) in [6, 6.07) is 0. The zero-order valence-corrected chi connectivity index (χ0v) is 10.8. The van der Waals surface area contributed by atoms with Gasteiger partial charge in [0.1, 0.15) is 12.7 Å². The Kier molecular flexibility index (Phi) is 4.18. The Morgan fingerprint density at radius 2 is 2.26 bits per heavy atom. The monoisotopic (exact) mass is 282 g/mol. The Labute approximate surface area is 113 Å². The van der Waals surface area contributed by atoms with Gasteiger partial charge in [0.15, 0.2) is 0 Å². The van der Waals surface area contributed by atoms with E-state index in [0.717, 1.165) is 0 Å². The fourth-order valence-corrected chi connectivity index (χ4v) is 1.41. The standard InChI is InChI=1S/C9H11ClN8O/c1-2-12-6(19)3-13-8-15-7(10)16-9(17-8)18-5-11-4-14-18/h4-5H,2-3H2,1H3,(H,12,19)(H,13,15,16,17). The van der Waals surface area contributed by atoms with Gasteiger partial charge in [-0.15, -0.1) is 0 Å². The topological polar surface area (TPSA) is 111 Å². The van der Waals surface area contributed by atoms with Crippen molar-refractivity contribution in [1.29, 1.82) is 0 Å². The van der Waals surface area contributed by atoms with Crippen LogP contribution in [-0.4, -0.2) is 48.7 Å². The number of rotatable bonds is 5. The summed E-state index contributed by atoms with van der Waals surface area (Å²) in [5.41, 5.74) is 0. The molecule has 0 radical (unpaired) electrons. The molecule has 2 rings (SSSR count). The van der Waals surface area contributed by atoms with Crippen molar-refractivity contribution in [3.05, 3.63) is 17.9 Å². The van der Waals surface area contributed by atoms with Gasteiger partial charge in [0, 0.05) is 6.54 Å². The van der Waals surface area contributed by atoms with Crippen LogP contribution in [-0.2, 0) is 4.79 Å². The summed E-state index contributed by atoms with van der Waals surface area (Å²) < 4.78 is 1.34. The van der Waals surface area contributed by atoms with Gasteiger partial charge in [0.05, 0.1) is 6.54 Å². The van der Waals surface area contributed by atoms with Gasteiger partial charge >= 0.3 is 0 Å². The molecular formula is C9H11ClN8O. The molecule has 2 aromatic rings. The van der Waals surface area contributed by atoms with E-state index < -0.39 is 0 Å². The molecule has 2 N–H and O–H groups in total. The first-order valence-electron chi connectivity index (χ1n) is 5.46. The van der Waals surface area contributed by atoms with Crippen LogP contribution in [0.5, 0.6) is 0 Å². The number of nitrogens with one attached hydrogen (secondary N) is 2. The van der Waals surface area contributed by atoms with Gasteiger partial charge in [0.25, 0.3) is 5.95 Å². The Hall–Kier alpha value is -2.29. The van der Waals surface area contributed by atoms with Crippen molar-refractivity contribution >= 4 is 23.5 Å². The van der Waals surface area contributed by atoms with Gasteiger partial charge in [-0.05, 0) is 18.5 Å². The fourth-order valence-electron chi connectivity index (χ4n) is 1.25. The van der Waals surface area contributed by atoms with Crippen LogP contribution in [0, 0.1) is 0 Å². The molecule has 0 aliphatic heterocycles.